The van der Waals surface area contributed by atoms with Crippen molar-refractivity contribution < 1.29 is 14.3 Å². The van der Waals surface area contributed by atoms with Crippen molar-refractivity contribution >= 4 is 28.1 Å². The molecule has 1 aliphatic rings. The van der Waals surface area contributed by atoms with Crippen LogP contribution in [0.25, 0.3) is 0 Å². The minimum Gasteiger partial charge on any atom is -0.486 e. The van der Waals surface area contributed by atoms with E-state index in [1.807, 2.05) is 41.8 Å². The zero-order valence-corrected chi connectivity index (χ0v) is 14.0. The fourth-order valence-corrected chi connectivity index (χ4v) is 3.13. The molecule has 3 aromatic rings. The van der Waals surface area contributed by atoms with Gasteiger partial charge in [0.05, 0.1) is 23.4 Å². The number of hydrogen-bond acceptors (Lipinski definition) is 5. The number of fused-ring (bicyclic) bond motifs is 1. The molecule has 1 unspecified atom stereocenters. The minimum atomic E-state index is -0.298. The fourth-order valence-electron chi connectivity index (χ4n) is 2.51. The van der Waals surface area contributed by atoms with Crippen molar-refractivity contribution in [2.24, 2.45) is 0 Å². The van der Waals surface area contributed by atoms with Gasteiger partial charge in [-0.15, -0.1) is 11.3 Å². The lowest BCUT2D eigenvalue weighted by atomic mass is 10.2. The molecule has 8 heteroatoms. The monoisotopic (exact) mass is 356 g/mol. The molecular formula is C17H16N4O3S. The van der Waals surface area contributed by atoms with Crippen molar-refractivity contribution in [3.8, 4) is 11.5 Å². The maximum absolute atomic E-state index is 11.9. The second-order valence-electron chi connectivity index (χ2n) is 5.51. The van der Waals surface area contributed by atoms with Crippen LogP contribution in [-0.2, 0) is 6.54 Å². The number of carbonyl (C=O) groups is 1. The number of nitrogens with zero attached hydrogens (tertiary/aromatic N) is 2. The summed E-state index contributed by atoms with van der Waals surface area (Å²) in [7, 11) is 0. The van der Waals surface area contributed by atoms with Crippen LogP contribution in [0.3, 0.4) is 0 Å². The van der Waals surface area contributed by atoms with Gasteiger partial charge in [-0.25, -0.2) is 4.79 Å². The third-order valence-corrected chi connectivity index (χ3v) is 4.39. The molecule has 2 aromatic heterocycles. The Morgan fingerprint density at radius 3 is 2.96 bits per heavy atom. The summed E-state index contributed by atoms with van der Waals surface area (Å²) in [5.74, 6) is 1.49. The Morgan fingerprint density at radius 2 is 2.12 bits per heavy atom. The maximum Gasteiger partial charge on any atom is 0.324 e. The van der Waals surface area contributed by atoms with E-state index < -0.39 is 0 Å². The molecule has 0 spiro atoms. The number of carbonyl (C=O) groups excluding carboxylic acids is 1. The molecule has 25 heavy (non-hydrogen) atoms. The molecule has 0 saturated heterocycles. The van der Waals surface area contributed by atoms with Crippen molar-refractivity contribution in [2.45, 2.75) is 12.6 Å². The molecule has 128 valence electrons. The summed E-state index contributed by atoms with van der Waals surface area (Å²) >= 11 is 1.46. The number of anilines is 2. The predicted octanol–water partition coefficient (Wildman–Crippen LogP) is 3.43. The van der Waals surface area contributed by atoms with Crippen molar-refractivity contribution in [1.29, 1.82) is 0 Å². The Balaban J connectivity index is 1.33. The van der Waals surface area contributed by atoms with E-state index >= 15 is 0 Å². The molecule has 1 aliphatic heterocycles. The molecule has 0 aliphatic carbocycles. The summed E-state index contributed by atoms with van der Waals surface area (Å²) in [4.78, 5) is 11.9. The number of para-hydroxylation sites is 2. The van der Waals surface area contributed by atoms with Gasteiger partial charge >= 0.3 is 6.03 Å². The fraction of sp³-hybridized carbons (Fsp3) is 0.176. The van der Waals surface area contributed by atoms with Crippen LogP contribution in [0.2, 0.25) is 0 Å². The number of nitrogens with one attached hydrogen (secondary N) is 2. The van der Waals surface area contributed by atoms with Gasteiger partial charge in [-0.05, 0) is 29.6 Å². The van der Waals surface area contributed by atoms with E-state index in [4.69, 9.17) is 9.47 Å². The third kappa shape index (κ3) is 3.74. The van der Waals surface area contributed by atoms with Gasteiger partial charge in [-0.1, -0.05) is 12.1 Å². The summed E-state index contributed by atoms with van der Waals surface area (Å²) in [6.07, 6.45) is 3.23. The van der Waals surface area contributed by atoms with Gasteiger partial charge < -0.3 is 14.8 Å². The Hall–Kier alpha value is -3.00. The summed E-state index contributed by atoms with van der Waals surface area (Å²) in [5.41, 5.74) is 0.617. The molecule has 2 amide bonds. The average molecular weight is 356 g/mol. The highest BCUT2D eigenvalue weighted by Crippen LogP contribution is 2.31. The molecule has 3 heterocycles. The summed E-state index contributed by atoms with van der Waals surface area (Å²) < 4.78 is 13.3. The molecule has 1 atom stereocenters. The predicted molar refractivity (Wildman–Crippen MR) is 95.5 cm³/mol. The number of aromatic nitrogens is 2. The highest BCUT2D eigenvalue weighted by atomic mass is 32.1. The highest BCUT2D eigenvalue weighted by Gasteiger charge is 2.21. The van der Waals surface area contributed by atoms with Crippen LogP contribution in [-0.4, -0.2) is 28.5 Å². The van der Waals surface area contributed by atoms with Gasteiger partial charge in [0.25, 0.3) is 0 Å². The molecule has 1 aromatic carbocycles. The zero-order chi connectivity index (χ0) is 17.1. The van der Waals surface area contributed by atoms with Gasteiger partial charge in [-0.3, -0.25) is 10.00 Å². The van der Waals surface area contributed by atoms with E-state index in [0.717, 1.165) is 16.5 Å². The topological polar surface area (TPSA) is 77.4 Å². The maximum atomic E-state index is 11.9. The normalized spacial score (nSPS) is 15.6. The van der Waals surface area contributed by atoms with E-state index in [1.54, 1.807) is 17.1 Å². The first-order chi connectivity index (χ1) is 12.3. The smallest absolute Gasteiger partial charge is 0.324 e. The molecular weight excluding hydrogens is 340 g/mol. The number of ether oxygens (including phenoxy) is 2. The lowest BCUT2D eigenvalue weighted by Crippen LogP contribution is -2.33. The molecule has 0 fully saturated rings. The Bertz CT molecular complexity index is 862. The number of amides is 2. The standard InChI is InChI=1S/C17H16N4O3S/c22-17(20-16-6-3-7-25-16)19-12-8-18-21(9-12)10-13-11-23-14-4-1-2-5-15(14)24-13/h1-9,13H,10-11H2,(H2,19,20,22). The van der Waals surface area contributed by atoms with E-state index in [2.05, 4.69) is 15.7 Å². The largest absolute Gasteiger partial charge is 0.486 e. The zero-order valence-electron chi connectivity index (χ0n) is 13.2. The van der Waals surface area contributed by atoms with Crippen LogP contribution in [0.1, 0.15) is 0 Å². The molecule has 7 nitrogen and oxygen atoms in total. The SMILES string of the molecule is O=C(Nc1cnn(CC2COc3ccccc3O2)c1)Nc1cccs1. The van der Waals surface area contributed by atoms with Crippen LogP contribution < -0.4 is 20.1 Å². The highest BCUT2D eigenvalue weighted by molar-refractivity contribution is 7.14. The number of hydrogen-bond donors (Lipinski definition) is 2. The van der Waals surface area contributed by atoms with Crippen molar-refractivity contribution in [1.82, 2.24) is 9.78 Å². The van der Waals surface area contributed by atoms with E-state index in [0.29, 0.717) is 18.8 Å². The van der Waals surface area contributed by atoms with Crippen LogP contribution in [0.15, 0.2) is 54.2 Å². The molecule has 0 bridgehead atoms. The number of urea groups is 1. The first-order valence-electron chi connectivity index (χ1n) is 7.79. The summed E-state index contributed by atoms with van der Waals surface area (Å²) in [6.45, 7) is 0.987. The lowest BCUT2D eigenvalue weighted by molar-refractivity contribution is 0.0759. The Labute approximate surface area is 148 Å². The van der Waals surface area contributed by atoms with E-state index in [1.165, 1.54) is 11.3 Å². The van der Waals surface area contributed by atoms with Gasteiger partial charge in [0.15, 0.2) is 17.6 Å². The van der Waals surface area contributed by atoms with Gasteiger partial charge in [0, 0.05) is 6.20 Å². The van der Waals surface area contributed by atoms with Crippen LogP contribution in [0.5, 0.6) is 11.5 Å². The average Bonchev–Trinajstić information content (AvgIpc) is 3.27. The van der Waals surface area contributed by atoms with Crippen LogP contribution in [0, 0.1) is 0 Å². The Morgan fingerprint density at radius 1 is 1.24 bits per heavy atom. The van der Waals surface area contributed by atoms with Gasteiger partial charge in [-0.2, -0.15) is 5.10 Å². The number of thiophene rings is 1. The second kappa shape index (κ2) is 6.86. The molecule has 0 radical (unpaired) electrons. The van der Waals surface area contributed by atoms with Gasteiger partial charge in [0.2, 0.25) is 0 Å². The van der Waals surface area contributed by atoms with E-state index in [9.17, 15) is 4.79 Å². The van der Waals surface area contributed by atoms with Gasteiger partial charge in [0.1, 0.15) is 6.61 Å². The molecule has 2 N–H and O–H groups in total. The molecule has 0 saturated carbocycles. The Kier molecular flexibility index (Phi) is 4.26. The summed E-state index contributed by atoms with van der Waals surface area (Å²) in [6, 6.07) is 11.0. The minimum absolute atomic E-state index is 0.136. The van der Waals surface area contributed by atoms with Crippen LogP contribution >= 0.6 is 11.3 Å². The summed E-state index contributed by atoms with van der Waals surface area (Å²) in [5, 5.41) is 12.5. The number of rotatable bonds is 4. The van der Waals surface area contributed by atoms with Crippen LogP contribution in [0.4, 0.5) is 15.5 Å². The van der Waals surface area contributed by atoms with Crippen molar-refractivity contribution in [2.75, 3.05) is 17.2 Å². The lowest BCUT2D eigenvalue weighted by Gasteiger charge is -2.26. The quantitative estimate of drug-likeness (QED) is 0.751. The van der Waals surface area contributed by atoms with Crippen molar-refractivity contribution in [3.63, 3.8) is 0 Å². The van der Waals surface area contributed by atoms with Crippen molar-refractivity contribution in [3.05, 3.63) is 54.2 Å². The first-order valence-corrected chi connectivity index (χ1v) is 8.67. The second-order valence-corrected chi connectivity index (χ2v) is 6.45. The van der Waals surface area contributed by atoms with E-state index in [-0.39, 0.29) is 12.1 Å². The first kappa shape index (κ1) is 15.5. The molecule has 4 rings (SSSR count). The number of benzene rings is 1. The third-order valence-electron chi connectivity index (χ3n) is 3.61.